The van der Waals surface area contributed by atoms with E-state index in [4.69, 9.17) is 27.9 Å². The molecule has 0 aliphatic carbocycles. The molecule has 0 bridgehead atoms. The Kier molecular flexibility index (Phi) is 5.79. The van der Waals surface area contributed by atoms with E-state index in [0.29, 0.717) is 42.5 Å². The molecule has 1 fully saturated rings. The van der Waals surface area contributed by atoms with Gasteiger partial charge in [-0.25, -0.2) is 4.98 Å². The highest BCUT2D eigenvalue weighted by Gasteiger charge is 2.27. The van der Waals surface area contributed by atoms with Crippen LogP contribution in [0.4, 0.5) is 0 Å². The van der Waals surface area contributed by atoms with Crippen LogP contribution < -0.4 is 4.74 Å². The molecule has 1 saturated heterocycles. The highest BCUT2D eigenvalue weighted by Crippen LogP contribution is 2.27. The third-order valence-corrected chi connectivity index (χ3v) is 5.97. The zero-order valence-corrected chi connectivity index (χ0v) is 17.8. The van der Waals surface area contributed by atoms with Crippen molar-refractivity contribution < 1.29 is 14.3 Å². The van der Waals surface area contributed by atoms with Gasteiger partial charge in [0.05, 0.1) is 28.2 Å². The number of hydrogen-bond donors (Lipinski definition) is 0. The minimum absolute atomic E-state index is 0.152. The number of ether oxygens (including phenoxy) is 1. The summed E-state index contributed by atoms with van der Waals surface area (Å²) in [6, 6.07) is 14.1. The highest BCUT2D eigenvalue weighted by atomic mass is 35.5. The molecular weight excluding hydrogens is 425 g/mol. The summed E-state index contributed by atoms with van der Waals surface area (Å²) >= 11 is 12.2. The van der Waals surface area contributed by atoms with Crippen LogP contribution in [0.1, 0.15) is 20.8 Å². The summed E-state index contributed by atoms with van der Waals surface area (Å²) in [5.74, 6) is 0.400. The van der Waals surface area contributed by atoms with Crippen molar-refractivity contribution in [3.63, 3.8) is 0 Å². The quantitative estimate of drug-likeness (QED) is 0.609. The molecule has 0 unspecified atom stereocenters. The van der Waals surface area contributed by atoms with Crippen molar-refractivity contribution in [2.24, 2.45) is 0 Å². The number of carbonyl (C=O) groups excluding carboxylic acids is 2. The average Bonchev–Trinajstić information content (AvgIpc) is 2.79. The van der Waals surface area contributed by atoms with Crippen LogP contribution in [0.25, 0.3) is 10.9 Å². The molecule has 1 aromatic heterocycles. The number of piperazine rings is 1. The van der Waals surface area contributed by atoms with Gasteiger partial charge in [0.15, 0.2) is 0 Å². The number of amides is 2. The standard InChI is InChI=1S/C22H19Cl2N3O3/c1-30-15-6-8-18-14(13-15)5-7-19(25-18)22(29)27-11-9-26(10-12-27)21(28)16-3-2-4-17(23)20(16)24/h2-8,13H,9-12H2,1H3. The normalized spacial score (nSPS) is 14.1. The third kappa shape index (κ3) is 3.93. The summed E-state index contributed by atoms with van der Waals surface area (Å²) in [5, 5.41) is 1.50. The van der Waals surface area contributed by atoms with E-state index in [1.54, 1.807) is 41.2 Å². The van der Waals surface area contributed by atoms with Gasteiger partial charge in [0, 0.05) is 31.6 Å². The van der Waals surface area contributed by atoms with E-state index >= 15 is 0 Å². The Hall–Kier alpha value is -2.83. The van der Waals surface area contributed by atoms with Crippen LogP contribution in [-0.4, -0.2) is 59.9 Å². The first kappa shape index (κ1) is 20.4. The summed E-state index contributed by atoms with van der Waals surface area (Å²) < 4.78 is 5.22. The molecule has 2 amide bonds. The van der Waals surface area contributed by atoms with Crippen molar-refractivity contribution in [2.75, 3.05) is 33.3 Å². The molecule has 30 heavy (non-hydrogen) atoms. The second kappa shape index (κ2) is 8.50. The zero-order valence-electron chi connectivity index (χ0n) is 16.3. The van der Waals surface area contributed by atoms with Crippen molar-refractivity contribution in [3.05, 3.63) is 69.8 Å². The summed E-state index contributed by atoms with van der Waals surface area (Å²) in [4.78, 5) is 33.6. The second-order valence-electron chi connectivity index (χ2n) is 6.94. The van der Waals surface area contributed by atoms with Gasteiger partial charge in [-0.15, -0.1) is 0 Å². The molecule has 6 nitrogen and oxygen atoms in total. The van der Waals surface area contributed by atoms with Gasteiger partial charge in [-0.3, -0.25) is 9.59 Å². The molecule has 1 aliphatic heterocycles. The van der Waals surface area contributed by atoms with Crippen LogP contribution in [0, 0.1) is 0 Å². The predicted molar refractivity (Wildman–Crippen MR) is 117 cm³/mol. The SMILES string of the molecule is COc1ccc2nc(C(=O)N3CCN(C(=O)c4cccc(Cl)c4Cl)CC3)ccc2c1. The number of nitrogens with zero attached hydrogens (tertiary/aromatic N) is 3. The second-order valence-corrected chi connectivity index (χ2v) is 7.73. The van der Waals surface area contributed by atoms with E-state index in [1.165, 1.54) is 0 Å². The van der Waals surface area contributed by atoms with E-state index in [2.05, 4.69) is 4.98 Å². The Bertz CT molecular complexity index is 1130. The van der Waals surface area contributed by atoms with Crippen LogP contribution in [0.15, 0.2) is 48.5 Å². The Morgan fingerprint density at radius 2 is 1.63 bits per heavy atom. The molecule has 3 aromatic rings. The summed E-state index contributed by atoms with van der Waals surface area (Å²) in [6.45, 7) is 1.67. The predicted octanol–water partition coefficient (Wildman–Crippen LogP) is 4.15. The van der Waals surface area contributed by atoms with Gasteiger partial charge in [0.25, 0.3) is 11.8 Å². The van der Waals surface area contributed by atoms with Gasteiger partial charge in [-0.05, 0) is 36.4 Å². The molecule has 154 valence electrons. The van der Waals surface area contributed by atoms with E-state index in [1.807, 2.05) is 24.3 Å². The summed E-state index contributed by atoms with van der Waals surface area (Å²) in [6.07, 6.45) is 0. The average molecular weight is 444 g/mol. The van der Waals surface area contributed by atoms with E-state index in [0.717, 1.165) is 16.7 Å². The topological polar surface area (TPSA) is 62.7 Å². The molecular formula is C22H19Cl2N3O3. The van der Waals surface area contributed by atoms with Crippen LogP contribution in [-0.2, 0) is 0 Å². The molecule has 0 spiro atoms. The number of hydrogen-bond acceptors (Lipinski definition) is 4. The lowest BCUT2D eigenvalue weighted by atomic mass is 10.1. The molecule has 0 radical (unpaired) electrons. The maximum Gasteiger partial charge on any atom is 0.272 e. The van der Waals surface area contributed by atoms with Crippen molar-refractivity contribution in [1.82, 2.24) is 14.8 Å². The number of carbonyl (C=O) groups is 2. The van der Waals surface area contributed by atoms with Crippen LogP contribution in [0.3, 0.4) is 0 Å². The van der Waals surface area contributed by atoms with Gasteiger partial charge in [0.2, 0.25) is 0 Å². The molecule has 2 aromatic carbocycles. The first-order valence-corrected chi connectivity index (χ1v) is 10.2. The molecule has 2 heterocycles. The van der Waals surface area contributed by atoms with Crippen LogP contribution >= 0.6 is 23.2 Å². The largest absolute Gasteiger partial charge is 0.497 e. The molecule has 0 saturated carbocycles. The summed E-state index contributed by atoms with van der Waals surface area (Å²) in [7, 11) is 1.61. The lowest BCUT2D eigenvalue weighted by Crippen LogP contribution is -2.50. The zero-order chi connectivity index (χ0) is 21.3. The number of benzene rings is 2. The maximum absolute atomic E-state index is 12.9. The van der Waals surface area contributed by atoms with Crippen LogP contribution in [0.5, 0.6) is 5.75 Å². The fourth-order valence-electron chi connectivity index (χ4n) is 3.46. The van der Waals surface area contributed by atoms with E-state index in [-0.39, 0.29) is 16.8 Å². The number of aromatic nitrogens is 1. The van der Waals surface area contributed by atoms with Crippen molar-refractivity contribution in [3.8, 4) is 5.75 Å². The van der Waals surface area contributed by atoms with Gasteiger partial charge in [-0.1, -0.05) is 35.3 Å². The third-order valence-electron chi connectivity index (χ3n) is 5.15. The number of methoxy groups -OCH3 is 1. The number of rotatable bonds is 3. The molecule has 0 N–H and O–H groups in total. The van der Waals surface area contributed by atoms with Gasteiger partial charge < -0.3 is 14.5 Å². The highest BCUT2D eigenvalue weighted by molar-refractivity contribution is 6.43. The van der Waals surface area contributed by atoms with Crippen molar-refractivity contribution >= 4 is 45.9 Å². The number of fused-ring (bicyclic) bond motifs is 1. The molecule has 4 rings (SSSR count). The fourth-order valence-corrected chi connectivity index (χ4v) is 3.85. The van der Waals surface area contributed by atoms with Gasteiger partial charge in [-0.2, -0.15) is 0 Å². The van der Waals surface area contributed by atoms with Crippen molar-refractivity contribution in [1.29, 1.82) is 0 Å². The van der Waals surface area contributed by atoms with E-state index < -0.39 is 0 Å². The minimum atomic E-state index is -0.188. The molecule has 8 heteroatoms. The van der Waals surface area contributed by atoms with Gasteiger partial charge in [0.1, 0.15) is 11.4 Å². The smallest absolute Gasteiger partial charge is 0.272 e. The minimum Gasteiger partial charge on any atom is -0.497 e. The van der Waals surface area contributed by atoms with E-state index in [9.17, 15) is 9.59 Å². The first-order valence-electron chi connectivity index (χ1n) is 9.45. The first-order chi connectivity index (χ1) is 14.5. The van der Waals surface area contributed by atoms with Crippen molar-refractivity contribution in [2.45, 2.75) is 0 Å². The Balaban J connectivity index is 1.45. The number of pyridine rings is 1. The molecule has 1 aliphatic rings. The lowest BCUT2D eigenvalue weighted by Gasteiger charge is -2.34. The fraction of sp³-hybridized carbons (Fsp3) is 0.227. The molecule has 0 atom stereocenters. The lowest BCUT2D eigenvalue weighted by molar-refractivity contribution is 0.0532. The van der Waals surface area contributed by atoms with Gasteiger partial charge >= 0.3 is 0 Å². The maximum atomic E-state index is 12.9. The monoisotopic (exact) mass is 443 g/mol. The van der Waals surface area contributed by atoms with Crippen LogP contribution in [0.2, 0.25) is 10.0 Å². The Morgan fingerprint density at radius 3 is 2.33 bits per heavy atom. The Morgan fingerprint density at radius 1 is 0.933 bits per heavy atom. The Labute approximate surface area is 184 Å². The number of halogens is 2. The summed E-state index contributed by atoms with van der Waals surface area (Å²) in [5.41, 5.74) is 1.48.